The third kappa shape index (κ3) is 3.31. The molecule has 2 aromatic rings. The van der Waals surface area contributed by atoms with Crippen molar-refractivity contribution in [3.05, 3.63) is 65.5 Å². The maximum atomic E-state index is 12.8. The van der Waals surface area contributed by atoms with Crippen molar-refractivity contribution >= 4 is 11.7 Å². The van der Waals surface area contributed by atoms with Crippen molar-refractivity contribution in [2.75, 3.05) is 5.32 Å². The fourth-order valence-corrected chi connectivity index (χ4v) is 1.76. The van der Waals surface area contributed by atoms with E-state index < -0.39 is 12.0 Å². The van der Waals surface area contributed by atoms with Gasteiger partial charge in [0.2, 0.25) is 0 Å². The Morgan fingerprint density at radius 1 is 1.11 bits per heavy atom. The maximum Gasteiger partial charge on any atom is 0.330 e. The van der Waals surface area contributed by atoms with E-state index in [-0.39, 0.29) is 5.82 Å². The summed E-state index contributed by atoms with van der Waals surface area (Å²) in [5.41, 5.74) is 2.28. The third-order valence-corrected chi connectivity index (χ3v) is 2.81. The predicted molar refractivity (Wildman–Crippen MR) is 71.6 cm³/mol. The van der Waals surface area contributed by atoms with Gasteiger partial charge in [-0.15, -0.1) is 0 Å². The maximum absolute atomic E-state index is 12.8. The summed E-state index contributed by atoms with van der Waals surface area (Å²) in [7, 11) is 0. The standard InChI is InChI=1S/C15H14FNO2/c1-10-2-4-11(5-3-10)14(15(18)19)17-13-8-6-12(16)7-9-13/h2-9,14,17H,1H3,(H,18,19)/t14-/m0/s1. The van der Waals surface area contributed by atoms with Crippen LogP contribution in [0.4, 0.5) is 10.1 Å². The van der Waals surface area contributed by atoms with E-state index in [2.05, 4.69) is 5.32 Å². The van der Waals surface area contributed by atoms with Crippen LogP contribution >= 0.6 is 0 Å². The highest BCUT2D eigenvalue weighted by atomic mass is 19.1. The zero-order valence-electron chi connectivity index (χ0n) is 10.4. The molecule has 2 rings (SSSR count). The van der Waals surface area contributed by atoms with Crippen molar-refractivity contribution in [1.29, 1.82) is 0 Å². The Kier molecular flexibility index (Phi) is 3.80. The highest BCUT2D eigenvalue weighted by molar-refractivity contribution is 5.79. The lowest BCUT2D eigenvalue weighted by Crippen LogP contribution is -2.20. The van der Waals surface area contributed by atoms with Crippen LogP contribution in [0.1, 0.15) is 17.2 Å². The van der Waals surface area contributed by atoms with Crippen LogP contribution in [0, 0.1) is 12.7 Å². The van der Waals surface area contributed by atoms with Gasteiger partial charge < -0.3 is 10.4 Å². The summed E-state index contributed by atoms with van der Waals surface area (Å²) >= 11 is 0. The summed E-state index contributed by atoms with van der Waals surface area (Å²) in [5.74, 6) is -1.33. The smallest absolute Gasteiger partial charge is 0.330 e. The van der Waals surface area contributed by atoms with E-state index in [9.17, 15) is 14.3 Å². The van der Waals surface area contributed by atoms with Gasteiger partial charge in [0, 0.05) is 5.69 Å². The number of aryl methyl sites for hydroxylation is 1. The molecule has 1 atom stereocenters. The van der Waals surface area contributed by atoms with Crippen LogP contribution in [0.25, 0.3) is 0 Å². The largest absolute Gasteiger partial charge is 0.479 e. The molecule has 0 amide bonds. The van der Waals surface area contributed by atoms with Gasteiger partial charge in [0.15, 0.2) is 6.04 Å². The molecule has 0 fully saturated rings. The first-order valence-corrected chi connectivity index (χ1v) is 5.88. The van der Waals surface area contributed by atoms with E-state index in [1.54, 1.807) is 12.1 Å². The van der Waals surface area contributed by atoms with Crippen LogP contribution < -0.4 is 5.32 Å². The Bertz CT molecular complexity index is 564. The Morgan fingerprint density at radius 3 is 2.21 bits per heavy atom. The van der Waals surface area contributed by atoms with Gasteiger partial charge in [0.05, 0.1) is 0 Å². The summed E-state index contributed by atoms with van der Waals surface area (Å²) in [6.07, 6.45) is 0. The molecule has 19 heavy (non-hydrogen) atoms. The number of carboxylic acid groups (broad SMARTS) is 1. The number of hydrogen-bond acceptors (Lipinski definition) is 2. The van der Waals surface area contributed by atoms with Crippen molar-refractivity contribution in [2.45, 2.75) is 13.0 Å². The lowest BCUT2D eigenvalue weighted by atomic mass is 10.0. The average Bonchev–Trinajstić information content (AvgIpc) is 2.39. The van der Waals surface area contributed by atoms with E-state index in [0.717, 1.165) is 5.56 Å². The predicted octanol–water partition coefficient (Wildman–Crippen LogP) is 3.37. The lowest BCUT2D eigenvalue weighted by molar-refractivity contribution is -0.138. The minimum atomic E-state index is -0.979. The molecule has 0 aromatic heterocycles. The highest BCUT2D eigenvalue weighted by Gasteiger charge is 2.19. The van der Waals surface area contributed by atoms with Crippen LogP contribution in [0.3, 0.4) is 0 Å². The zero-order valence-corrected chi connectivity index (χ0v) is 10.4. The van der Waals surface area contributed by atoms with Gasteiger partial charge in [0.25, 0.3) is 0 Å². The molecular formula is C15H14FNO2. The van der Waals surface area contributed by atoms with E-state index in [1.807, 2.05) is 19.1 Å². The van der Waals surface area contributed by atoms with Crippen LogP contribution in [0.15, 0.2) is 48.5 Å². The van der Waals surface area contributed by atoms with Crippen molar-refractivity contribution in [2.24, 2.45) is 0 Å². The monoisotopic (exact) mass is 259 g/mol. The molecule has 0 aliphatic rings. The summed E-state index contributed by atoms with van der Waals surface area (Å²) < 4.78 is 12.8. The van der Waals surface area contributed by atoms with Gasteiger partial charge in [-0.2, -0.15) is 0 Å². The number of carbonyl (C=O) groups is 1. The first-order valence-electron chi connectivity index (χ1n) is 5.88. The Hall–Kier alpha value is -2.36. The number of aliphatic carboxylic acids is 1. The number of anilines is 1. The lowest BCUT2D eigenvalue weighted by Gasteiger charge is -2.16. The quantitative estimate of drug-likeness (QED) is 0.885. The van der Waals surface area contributed by atoms with Crippen LogP contribution in [0.2, 0.25) is 0 Å². The van der Waals surface area contributed by atoms with E-state index in [4.69, 9.17) is 0 Å². The second kappa shape index (κ2) is 5.52. The molecule has 0 saturated carbocycles. The molecule has 4 heteroatoms. The molecule has 0 spiro atoms. The summed E-state index contributed by atoms with van der Waals surface area (Å²) in [6.45, 7) is 1.94. The summed E-state index contributed by atoms with van der Waals surface area (Å²) in [5, 5.41) is 12.2. The Labute approximate surface area is 110 Å². The molecule has 0 unspecified atom stereocenters. The molecule has 3 nitrogen and oxygen atoms in total. The fourth-order valence-electron chi connectivity index (χ4n) is 1.76. The van der Waals surface area contributed by atoms with Crippen molar-refractivity contribution in [1.82, 2.24) is 0 Å². The molecule has 0 saturated heterocycles. The molecule has 2 aromatic carbocycles. The summed E-state index contributed by atoms with van der Waals surface area (Å²) in [6, 6.07) is 12.0. The van der Waals surface area contributed by atoms with Gasteiger partial charge in [-0.3, -0.25) is 0 Å². The molecule has 0 radical (unpaired) electrons. The number of carboxylic acids is 1. The SMILES string of the molecule is Cc1ccc([C@H](Nc2ccc(F)cc2)C(=O)O)cc1. The topological polar surface area (TPSA) is 49.3 Å². The van der Waals surface area contributed by atoms with Crippen LogP contribution in [0.5, 0.6) is 0 Å². The normalized spacial score (nSPS) is 11.9. The van der Waals surface area contributed by atoms with E-state index in [1.165, 1.54) is 24.3 Å². The fraction of sp³-hybridized carbons (Fsp3) is 0.133. The number of halogens is 1. The molecule has 0 heterocycles. The van der Waals surface area contributed by atoms with Gasteiger partial charge in [-0.25, -0.2) is 9.18 Å². The first kappa shape index (κ1) is 13.1. The first-order chi connectivity index (χ1) is 9.06. The molecular weight excluding hydrogens is 245 g/mol. The highest BCUT2D eigenvalue weighted by Crippen LogP contribution is 2.20. The van der Waals surface area contributed by atoms with Crippen LogP contribution in [-0.4, -0.2) is 11.1 Å². The van der Waals surface area contributed by atoms with Gasteiger partial charge in [0.1, 0.15) is 5.82 Å². The average molecular weight is 259 g/mol. The number of benzene rings is 2. The second-order valence-corrected chi connectivity index (χ2v) is 4.33. The second-order valence-electron chi connectivity index (χ2n) is 4.33. The molecule has 98 valence electrons. The molecule has 2 N–H and O–H groups in total. The van der Waals surface area contributed by atoms with Gasteiger partial charge >= 0.3 is 5.97 Å². The Morgan fingerprint density at radius 2 is 1.68 bits per heavy atom. The molecule has 0 aliphatic heterocycles. The number of hydrogen-bond donors (Lipinski definition) is 2. The van der Waals surface area contributed by atoms with E-state index >= 15 is 0 Å². The zero-order chi connectivity index (χ0) is 13.8. The Balaban J connectivity index is 2.23. The van der Waals surface area contributed by atoms with Crippen molar-refractivity contribution < 1.29 is 14.3 Å². The summed E-state index contributed by atoms with van der Waals surface area (Å²) in [4.78, 5) is 11.3. The molecule has 0 bridgehead atoms. The number of rotatable bonds is 4. The van der Waals surface area contributed by atoms with Crippen molar-refractivity contribution in [3.63, 3.8) is 0 Å². The minimum absolute atomic E-state index is 0.354. The third-order valence-electron chi connectivity index (χ3n) is 2.81. The number of nitrogens with one attached hydrogen (secondary N) is 1. The minimum Gasteiger partial charge on any atom is -0.479 e. The van der Waals surface area contributed by atoms with Gasteiger partial charge in [-0.05, 0) is 36.8 Å². The van der Waals surface area contributed by atoms with Crippen LogP contribution in [-0.2, 0) is 4.79 Å². The van der Waals surface area contributed by atoms with Crippen molar-refractivity contribution in [3.8, 4) is 0 Å². The van der Waals surface area contributed by atoms with Gasteiger partial charge in [-0.1, -0.05) is 29.8 Å². The van der Waals surface area contributed by atoms with E-state index in [0.29, 0.717) is 11.3 Å². The molecule has 0 aliphatic carbocycles.